The van der Waals surface area contributed by atoms with Crippen molar-refractivity contribution in [1.29, 1.82) is 0 Å². The summed E-state index contributed by atoms with van der Waals surface area (Å²) in [5, 5.41) is 12.6. The highest BCUT2D eigenvalue weighted by molar-refractivity contribution is 6.14. The molecule has 3 amide bonds. The number of imide groups is 1. The quantitative estimate of drug-likeness (QED) is 0.643. The number of hydrogen-bond donors (Lipinski definition) is 2. The lowest BCUT2D eigenvalue weighted by molar-refractivity contribution is -0.122. The number of carbonyl (C=O) groups is 2. The maximum Gasteiger partial charge on any atom is 0.329 e. The van der Waals surface area contributed by atoms with Crippen LogP contribution in [-0.4, -0.2) is 35.1 Å². The number of rotatable bonds is 5. The smallest absolute Gasteiger partial charge is 0.329 e. The van der Waals surface area contributed by atoms with E-state index in [0.29, 0.717) is 30.9 Å². The molecule has 0 aliphatic carbocycles. The molecule has 0 bridgehead atoms. The van der Waals surface area contributed by atoms with Gasteiger partial charge < -0.3 is 15.2 Å². The highest BCUT2D eigenvalue weighted by Crippen LogP contribution is 2.31. The van der Waals surface area contributed by atoms with Gasteiger partial charge in [-0.1, -0.05) is 19.1 Å². The Morgan fingerprint density at radius 2 is 2.10 bits per heavy atom. The number of carbonyl (C=O) groups excluding carboxylic acids is 2. The molecule has 1 saturated heterocycles. The topological polar surface area (TPSA) is 78.9 Å². The summed E-state index contributed by atoms with van der Waals surface area (Å²) in [5.74, 6) is -0.0973. The number of amides is 3. The third kappa shape index (κ3) is 2.99. The first-order valence-corrected chi connectivity index (χ1v) is 6.87. The summed E-state index contributed by atoms with van der Waals surface area (Å²) in [4.78, 5) is 24.9. The molecule has 1 heterocycles. The summed E-state index contributed by atoms with van der Waals surface area (Å²) in [7, 11) is 0. The van der Waals surface area contributed by atoms with Crippen LogP contribution >= 0.6 is 0 Å². The van der Waals surface area contributed by atoms with Crippen LogP contribution in [0.3, 0.4) is 0 Å². The fraction of sp³-hybridized carbons (Fsp3) is 0.333. The molecule has 112 valence electrons. The summed E-state index contributed by atoms with van der Waals surface area (Å²) in [5.41, 5.74) is 0.570. The number of phenolic OH excluding ortho intramolecular Hbond substituents is 1. The number of para-hydroxylation sites is 1. The fourth-order valence-corrected chi connectivity index (χ4v) is 2.08. The van der Waals surface area contributed by atoms with E-state index in [9.17, 15) is 14.7 Å². The predicted octanol–water partition coefficient (Wildman–Crippen LogP) is 2.09. The van der Waals surface area contributed by atoms with Gasteiger partial charge in [0, 0.05) is 12.1 Å². The Morgan fingerprint density at radius 3 is 2.76 bits per heavy atom. The molecule has 21 heavy (non-hydrogen) atoms. The Morgan fingerprint density at radius 1 is 1.33 bits per heavy atom. The number of phenols is 1. The minimum Gasteiger partial charge on any atom is -0.504 e. The molecule has 6 nitrogen and oxygen atoms in total. The summed E-state index contributed by atoms with van der Waals surface area (Å²) in [6.07, 6.45) is 2.14. The maximum atomic E-state index is 12.1. The van der Waals surface area contributed by atoms with Crippen molar-refractivity contribution in [2.24, 2.45) is 0 Å². The lowest BCUT2D eigenvalue weighted by atomic mass is 10.1. The zero-order valence-electron chi connectivity index (χ0n) is 12.0. The third-order valence-electron chi connectivity index (χ3n) is 3.04. The van der Waals surface area contributed by atoms with Gasteiger partial charge in [0.25, 0.3) is 5.91 Å². The Labute approximate surface area is 123 Å². The molecule has 2 N–H and O–H groups in total. The molecule has 0 spiro atoms. The van der Waals surface area contributed by atoms with Crippen LogP contribution in [0.4, 0.5) is 4.79 Å². The van der Waals surface area contributed by atoms with Gasteiger partial charge >= 0.3 is 6.03 Å². The van der Waals surface area contributed by atoms with Gasteiger partial charge in [0.15, 0.2) is 11.5 Å². The minimum absolute atomic E-state index is 0.0529. The summed E-state index contributed by atoms with van der Waals surface area (Å²) in [6.45, 7) is 4.49. The molecule has 0 radical (unpaired) electrons. The Bertz CT molecular complexity index is 595. The molecule has 1 aliphatic heterocycles. The standard InChI is InChI=1S/C15H18N2O4/c1-3-8-17-14(19)11(16-15(17)20)9-10-6-5-7-12(13(10)18)21-4-2/h5-7,9,18H,3-4,8H2,1-2H3,(H,16,20)/b11-9+. The second kappa shape index (κ2) is 6.30. The highest BCUT2D eigenvalue weighted by atomic mass is 16.5. The van der Waals surface area contributed by atoms with E-state index >= 15 is 0 Å². The van der Waals surface area contributed by atoms with Crippen molar-refractivity contribution in [1.82, 2.24) is 10.2 Å². The van der Waals surface area contributed by atoms with E-state index in [1.807, 2.05) is 13.8 Å². The van der Waals surface area contributed by atoms with Crippen molar-refractivity contribution in [3.05, 3.63) is 29.5 Å². The molecule has 1 aliphatic rings. The van der Waals surface area contributed by atoms with Crippen LogP contribution in [-0.2, 0) is 4.79 Å². The van der Waals surface area contributed by atoms with Gasteiger partial charge in [-0.2, -0.15) is 0 Å². The summed E-state index contributed by atoms with van der Waals surface area (Å²) in [6, 6.07) is 4.56. The molecule has 1 fully saturated rings. The van der Waals surface area contributed by atoms with Crippen LogP contribution in [0.25, 0.3) is 6.08 Å². The monoisotopic (exact) mass is 290 g/mol. The number of aromatic hydroxyl groups is 1. The van der Waals surface area contributed by atoms with Crippen LogP contribution in [0.5, 0.6) is 11.5 Å². The maximum absolute atomic E-state index is 12.1. The lowest BCUT2D eigenvalue weighted by Gasteiger charge is -2.09. The first kappa shape index (κ1) is 14.9. The van der Waals surface area contributed by atoms with Gasteiger partial charge in [0.1, 0.15) is 5.70 Å². The minimum atomic E-state index is -0.437. The van der Waals surface area contributed by atoms with E-state index in [-0.39, 0.29) is 17.4 Å². The van der Waals surface area contributed by atoms with Crippen molar-refractivity contribution in [2.75, 3.05) is 13.2 Å². The van der Waals surface area contributed by atoms with Crippen LogP contribution in [0.15, 0.2) is 23.9 Å². The number of nitrogens with one attached hydrogen (secondary N) is 1. The van der Waals surface area contributed by atoms with E-state index < -0.39 is 6.03 Å². The normalized spacial score (nSPS) is 16.5. The largest absolute Gasteiger partial charge is 0.504 e. The van der Waals surface area contributed by atoms with E-state index in [1.165, 1.54) is 6.08 Å². The predicted molar refractivity (Wildman–Crippen MR) is 77.8 cm³/mol. The van der Waals surface area contributed by atoms with Gasteiger partial charge in [-0.25, -0.2) is 4.79 Å². The average molecular weight is 290 g/mol. The van der Waals surface area contributed by atoms with Crippen molar-refractivity contribution in [2.45, 2.75) is 20.3 Å². The van der Waals surface area contributed by atoms with E-state index in [4.69, 9.17) is 4.74 Å². The summed E-state index contributed by atoms with van der Waals surface area (Å²) < 4.78 is 5.29. The number of benzene rings is 1. The van der Waals surface area contributed by atoms with Crippen LogP contribution in [0.1, 0.15) is 25.8 Å². The van der Waals surface area contributed by atoms with E-state index in [1.54, 1.807) is 18.2 Å². The first-order chi connectivity index (χ1) is 10.1. The molecule has 0 aromatic heterocycles. The first-order valence-electron chi connectivity index (χ1n) is 6.87. The Hall–Kier alpha value is -2.50. The Balaban J connectivity index is 2.30. The van der Waals surface area contributed by atoms with Gasteiger partial charge in [0.2, 0.25) is 0 Å². The van der Waals surface area contributed by atoms with E-state index in [0.717, 1.165) is 4.90 Å². The average Bonchev–Trinajstić information content (AvgIpc) is 2.71. The van der Waals surface area contributed by atoms with Crippen molar-refractivity contribution < 1.29 is 19.4 Å². The molecule has 0 saturated carbocycles. The van der Waals surface area contributed by atoms with Crippen molar-refractivity contribution in [3.63, 3.8) is 0 Å². The Kier molecular flexibility index (Phi) is 4.47. The number of urea groups is 1. The molecule has 2 rings (SSSR count). The third-order valence-corrected chi connectivity index (χ3v) is 3.04. The number of ether oxygens (including phenoxy) is 1. The zero-order chi connectivity index (χ0) is 15.4. The summed E-state index contributed by atoms with van der Waals surface area (Å²) >= 11 is 0. The van der Waals surface area contributed by atoms with Crippen molar-refractivity contribution >= 4 is 18.0 Å². The lowest BCUT2D eigenvalue weighted by Crippen LogP contribution is -2.31. The second-order valence-corrected chi connectivity index (χ2v) is 4.57. The number of hydrogen-bond acceptors (Lipinski definition) is 4. The van der Waals surface area contributed by atoms with Gasteiger partial charge in [-0.05, 0) is 25.5 Å². The van der Waals surface area contributed by atoms with Crippen molar-refractivity contribution in [3.8, 4) is 11.5 Å². The van der Waals surface area contributed by atoms with Crippen LogP contribution in [0.2, 0.25) is 0 Å². The van der Waals surface area contributed by atoms with Crippen LogP contribution in [0, 0.1) is 0 Å². The molecule has 0 atom stereocenters. The molecular formula is C15H18N2O4. The SMILES string of the molecule is CCCN1C(=O)N/C(=C/c2cccc(OCC)c2O)C1=O. The molecule has 1 aromatic carbocycles. The van der Waals surface area contributed by atoms with Gasteiger partial charge in [-0.15, -0.1) is 0 Å². The molecular weight excluding hydrogens is 272 g/mol. The van der Waals surface area contributed by atoms with Gasteiger partial charge in [-0.3, -0.25) is 9.69 Å². The fourth-order valence-electron chi connectivity index (χ4n) is 2.08. The molecule has 0 unspecified atom stereocenters. The molecule has 6 heteroatoms. The second-order valence-electron chi connectivity index (χ2n) is 4.57. The number of nitrogens with zero attached hydrogens (tertiary/aromatic N) is 1. The highest BCUT2D eigenvalue weighted by Gasteiger charge is 2.32. The van der Waals surface area contributed by atoms with Crippen LogP contribution < -0.4 is 10.1 Å². The zero-order valence-corrected chi connectivity index (χ0v) is 12.0. The van der Waals surface area contributed by atoms with E-state index in [2.05, 4.69) is 5.32 Å². The van der Waals surface area contributed by atoms with Gasteiger partial charge in [0.05, 0.1) is 6.61 Å². The molecule has 1 aromatic rings.